The maximum Gasteiger partial charge on any atom is 0.271 e. The van der Waals surface area contributed by atoms with Crippen molar-refractivity contribution in [1.29, 1.82) is 0 Å². The third-order valence-electron chi connectivity index (χ3n) is 3.03. The highest BCUT2D eigenvalue weighted by atomic mass is 79.9. The number of carbonyl (C=O) groups is 1. The van der Waals surface area contributed by atoms with Gasteiger partial charge in [-0.15, -0.1) is 0 Å². The highest BCUT2D eigenvalue weighted by Gasteiger charge is 2.16. The zero-order valence-electron chi connectivity index (χ0n) is 11.7. The first kappa shape index (κ1) is 15.8. The number of benzene rings is 1. The monoisotopic (exact) mass is 367 g/mol. The van der Waals surface area contributed by atoms with Gasteiger partial charge in [0.2, 0.25) is 0 Å². The number of nitrogens with one attached hydrogen (secondary N) is 2. The molecule has 21 heavy (non-hydrogen) atoms. The predicted octanol–water partition coefficient (Wildman–Crippen LogP) is 4.03. The predicted molar refractivity (Wildman–Crippen MR) is 88.8 cm³/mol. The summed E-state index contributed by atoms with van der Waals surface area (Å²) in [4.78, 5) is 16.5. The molecule has 2 rings (SSSR count). The van der Waals surface area contributed by atoms with E-state index in [4.69, 9.17) is 11.6 Å². The molecule has 2 aromatic rings. The van der Waals surface area contributed by atoms with Crippen LogP contribution in [0.25, 0.3) is 0 Å². The number of anilines is 1. The zero-order valence-corrected chi connectivity index (χ0v) is 14.0. The maximum absolute atomic E-state index is 12.3. The van der Waals surface area contributed by atoms with E-state index >= 15 is 0 Å². The summed E-state index contributed by atoms with van der Waals surface area (Å²) in [7, 11) is 1.74. The van der Waals surface area contributed by atoms with Gasteiger partial charge in [-0.25, -0.2) is 4.98 Å². The van der Waals surface area contributed by atoms with Gasteiger partial charge in [-0.1, -0.05) is 39.7 Å². The lowest BCUT2D eigenvalue weighted by atomic mass is 10.1. The van der Waals surface area contributed by atoms with Crippen LogP contribution in [0.3, 0.4) is 0 Å². The van der Waals surface area contributed by atoms with Gasteiger partial charge in [0.1, 0.15) is 11.5 Å². The molecular weight excluding hydrogens is 354 g/mol. The Kier molecular flexibility index (Phi) is 5.20. The Hall–Kier alpha value is -1.59. The molecule has 0 aliphatic rings. The molecule has 0 spiro atoms. The highest BCUT2D eigenvalue weighted by molar-refractivity contribution is 9.10. The second kappa shape index (κ2) is 6.91. The van der Waals surface area contributed by atoms with Crippen LogP contribution in [0.2, 0.25) is 5.02 Å². The average molecular weight is 369 g/mol. The van der Waals surface area contributed by atoms with Crippen LogP contribution in [-0.2, 0) is 0 Å². The number of aromatic nitrogens is 1. The Balaban J connectivity index is 2.15. The van der Waals surface area contributed by atoms with Crippen molar-refractivity contribution in [3.63, 3.8) is 0 Å². The van der Waals surface area contributed by atoms with E-state index in [1.165, 1.54) is 0 Å². The average Bonchev–Trinajstić information content (AvgIpc) is 2.48. The topological polar surface area (TPSA) is 54.0 Å². The van der Waals surface area contributed by atoms with Gasteiger partial charge >= 0.3 is 0 Å². The Bertz CT molecular complexity index is 646. The molecule has 0 saturated heterocycles. The van der Waals surface area contributed by atoms with Gasteiger partial charge in [-0.05, 0) is 36.8 Å². The molecule has 0 saturated carbocycles. The molecule has 1 unspecified atom stereocenters. The highest BCUT2D eigenvalue weighted by Crippen LogP contribution is 2.20. The van der Waals surface area contributed by atoms with E-state index in [0.717, 1.165) is 10.0 Å². The Morgan fingerprint density at radius 2 is 1.90 bits per heavy atom. The van der Waals surface area contributed by atoms with E-state index in [1.807, 2.05) is 31.2 Å². The molecule has 1 atom stereocenters. The fraction of sp³-hybridized carbons (Fsp3) is 0.200. The summed E-state index contributed by atoms with van der Waals surface area (Å²) in [5, 5.41) is 6.11. The van der Waals surface area contributed by atoms with Crippen LogP contribution in [0.5, 0.6) is 0 Å². The van der Waals surface area contributed by atoms with Crippen molar-refractivity contribution in [2.24, 2.45) is 0 Å². The van der Waals surface area contributed by atoms with Gasteiger partial charge in [0, 0.05) is 11.5 Å². The van der Waals surface area contributed by atoms with E-state index in [-0.39, 0.29) is 17.6 Å². The Morgan fingerprint density at radius 1 is 1.24 bits per heavy atom. The molecule has 4 nitrogen and oxygen atoms in total. The number of amides is 1. The van der Waals surface area contributed by atoms with Crippen molar-refractivity contribution < 1.29 is 4.79 Å². The summed E-state index contributed by atoms with van der Waals surface area (Å²) in [5.74, 6) is 0.299. The fourth-order valence-electron chi connectivity index (χ4n) is 1.84. The second-order valence-corrected chi connectivity index (χ2v) is 5.85. The molecule has 1 amide bonds. The van der Waals surface area contributed by atoms with E-state index in [2.05, 4.69) is 31.5 Å². The maximum atomic E-state index is 12.3. The summed E-state index contributed by atoms with van der Waals surface area (Å²) in [6.07, 6.45) is 0. The molecule has 1 aromatic carbocycles. The van der Waals surface area contributed by atoms with Crippen LogP contribution in [0, 0.1) is 0 Å². The molecule has 2 N–H and O–H groups in total. The molecule has 0 bridgehead atoms. The fourth-order valence-corrected chi connectivity index (χ4v) is 2.30. The van der Waals surface area contributed by atoms with Crippen molar-refractivity contribution in [2.75, 3.05) is 12.4 Å². The SMILES string of the molecule is CNc1ccc(Cl)c(C(=O)NC(C)c2ccc(Br)cc2)n1. The first-order valence-electron chi connectivity index (χ1n) is 6.42. The number of pyridine rings is 1. The number of nitrogens with zero attached hydrogens (tertiary/aromatic N) is 1. The zero-order chi connectivity index (χ0) is 15.4. The summed E-state index contributed by atoms with van der Waals surface area (Å²) in [6.45, 7) is 1.91. The number of carbonyl (C=O) groups excluding carboxylic acids is 1. The van der Waals surface area contributed by atoms with Gasteiger partial charge in [-0.2, -0.15) is 0 Å². The summed E-state index contributed by atoms with van der Waals surface area (Å²) in [5.41, 5.74) is 1.22. The summed E-state index contributed by atoms with van der Waals surface area (Å²) in [6, 6.07) is 11.0. The number of rotatable bonds is 4. The number of hydrogen-bond donors (Lipinski definition) is 2. The van der Waals surface area contributed by atoms with Crippen molar-refractivity contribution in [1.82, 2.24) is 10.3 Å². The smallest absolute Gasteiger partial charge is 0.271 e. The Morgan fingerprint density at radius 3 is 2.52 bits per heavy atom. The molecule has 0 radical (unpaired) electrons. The van der Waals surface area contributed by atoms with Crippen LogP contribution in [-0.4, -0.2) is 17.9 Å². The van der Waals surface area contributed by atoms with Crippen molar-refractivity contribution >= 4 is 39.3 Å². The normalized spacial score (nSPS) is 11.8. The molecule has 6 heteroatoms. The van der Waals surface area contributed by atoms with Crippen LogP contribution < -0.4 is 10.6 Å². The third kappa shape index (κ3) is 3.95. The van der Waals surface area contributed by atoms with Crippen molar-refractivity contribution in [2.45, 2.75) is 13.0 Å². The van der Waals surface area contributed by atoms with Gasteiger partial charge in [0.05, 0.1) is 11.1 Å². The summed E-state index contributed by atoms with van der Waals surface area (Å²) < 4.78 is 0.996. The van der Waals surface area contributed by atoms with Gasteiger partial charge in [-0.3, -0.25) is 4.79 Å². The molecular formula is C15H15BrClN3O. The lowest BCUT2D eigenvalue weighted by Gasteiger charge is -2.15. The molecule has 0 fully saturated rings. The standard InChI is InChI=1S/C15H15BrClN3O/c1-9(10-3-5-11(16)6-4-10)19-15(21)14-12(17)7-8-13(18-2)20-14/h3-9H,1-2H3,(H,18,20)(H,19,21). The summed E-state index contributed by atoms with van der Waals surface area (Å²) >= 11 is 9.43. The second-order valence-electron chi connectivity index (χ2n) is 4.52. The molecule has 1 aromatic heterocycles. The van der Waals surface area contributed by atoms with Crippen LogP contribution in [0.4, 0.5) is 5.82 Å². The minimum absolute atomic E-state index is 0.137. The minimum Gasteiger partial charge on any atom is -0.373 e. The van der Waals surface area contributed by atoms with Crippen LogP contribution >= 0.6 is 27.5 Å². The molecule has 1 heterocycles. The van der Waals surface area contributed by atoms with Crippen LogP contribution in [0.1, 0.15) is 29.0 Å². The van der Waals surface area contributed by atoms with E-state index in [1.54, 1.807) is 19.2 Å². The van der Waals surface area contributed by atoms with Gasteiger partial charge < -0.3 is 10.6 Å². The van der Waals surface area contributed by atoms with E-state index in [9.17, 15) is 4.79 Å². The van der Waals surface area contributed by atoms with Gasteiger partial charge in [0.25, 0.3) is 5.91 Å². The first-order valence-corrected chi connectivity index (χ1v) is 7.59. The van der Waals surface area contributed by atoms with E-state index in [0.29, 0.717) is 10.8 Å². The quantitative estimate of drug-likeness (QED) is 0.856. The first-order chi connectivity index (χ1) is 10.0. The largest absolute Gasteiger partial charge is 0.373 e. The third-order valence-corrected chi connectivity index (χ3v) is 3.87. The van der Waals surface area contributed by atoms with Crippen LogP contribution in [0.15, 0.2) is 40.9 Å². The molecule has 110 valence electrons. The molecule has 0 aliphatic carbocycles. The Labute approximate surface area is 137 Å². The number of halogens is 2. The number of hydrogen-bond acceptors (Lipinski definition) is 3. The lowest BCUT2D eigenvalue weighted by Crippen LogP contribution is -2.27. The molecule has 0 aliphatic heterocycles. The minimum atomic E-state index is -0.299. The van der Waals surface area contributed by atoms with Gasteiger partial charge in [0.15, 0.2) is 0 Å². The van der Waals surface area contributed by atoms with E-state index < -0.39 is 0 Å². The van der Waals surface area contributed by atoms with Crippen molar-refractivity contribution in [3.05, 3.63) is 57.2 Å². The van der Waals surface area contributed by atoms with Crippen molar-refractivity contribution in [3.8, 4) is 0 Å². The lowest BCUT2D eigenvalue weighted by molar-refractivity contribution is 0.0935.